The molecule has 6 nitrogen and oxygen atoms in total. The normalized spacial score (nSPS) is 14.7. The number of amides is 2. The summed E-state index contributed by atoms with van der Waals surface area (Å²) in [6.45, 7) is 3.78. The molecule has 1 N–H and O–H groups in total. The molecule has 1 fully saturated rings. The van der Waals surface area contributed by atoms with Gasteiger partial charge in [-0.2, -0.15) is 0 Å². The highest BCUT2D eigenvalue weighted by molar-refractivity contribution is 7.14. The third-order valence-electron chi connectivity index (χ3n) is 5.40. The molecule has 0 atom stereocenters. The van der Waals surface area contributed by atoms with Gasteiger partial charge in [-0.25, -0.2) is 9.37 Å². The van der Waals surface area contributed by atoms with Gasteiger partial charge in [-0.05, 0) is 36.2 Å². The molecular weight excluding hydrogens is 427 g/mol. The quantitative estimate of drug-likeness (QED) is 0.618. The number of benzene rings is 2. The van der Waals surface area contributed by atoms with Crippen LogP contribution in [0.1, 0.15) is 28.0 Å². The van der Waals surface area contributed by atoms with E-state index in [1.807, 2.05) is 28.5 Å². The lowest BCUT2D eigenvalue weighted by molar-refractivity contribution is -0.130. The number of carbonyl (C=O) groups is 2. The maximum absolute atomic E-state index is 13.1. The molecular formula is C24H25FN4O2S. The molecule has 4 rings (SSSR count). The molecule has 3 aromatic rings. The van der Waals surface area contributed by atoms with Crippen LogP contribution in [-0.4, -0.2) is 52.8 Å². The minimum Gasteiger partial charge on any atom is -0.341 e. The summed E-state index contributed by atoms with van der Waals surface area (Å²) in [4.78, 5) is 33.7. The van der Waals surface area contributed by atoms with Crippen molar-refractivity contribution in [1.29, 1.82) is 0 Å². The summed E-state index contributed by atoms with van der Waals surface area (Å²) in [5.74, 6) is -0.405. The highest BCUT2D eigenvalue weighted by atomic mass is 32.1. The standard InChI is InChI=1S/C24H25FN4O2S/c25-20-9-7-18(8-10-20)16-28-11-4-12-29(14-13-28)22(30)15-21-17-32-24(26-21)27-23(31)19-5-2-1-3-6-19/h1-3,5-10,17H,4,11-16H2,(H,26,27,31). The van der Waals surface area contributed by atoms with E-state index < -0.39 is 0 Å². The lowest BCUT2D eigenvalue weighted by atomic mass is 10.2. The van der Waals surface area contributed by atoms with Crippen molar-refractivity contribution in [2.45, 2.75) is 19.4 Å². The monoisotopic (exact) mass is 452 g/mol. The first-order chi connectivity index (χ1) is 15.6. The molecule has 0 aliphatic carbocycles. The van der Waals surface area contributed by atoms with E-state index in [4.69, 9.17) is 0 Å². The van der Waals surface area contributed by atoms with Crippen LogP contribution < -0.4 is 5.32 Å². The first kappa shape index (κ1) is 22.1. The summed E-state index contributed by atoms with van der Waals surface area (Å²) < 4.78 is 13.1. The van der Waals surface area contributed by atoms with E-state index >= 15 is 0 Å². The first-order valence-corrected chi connectivity index (χ1v) is 11.5. The van der Waals surface area contributed by atoms with Crippen molar-refractivity contribution in [1.82, 2.24) is 14.8 Å². The second kappa shape index (κ2) is 10.5. The van der Waals surface area contributed by atoms with Crippen LogP contribution in [0, 0.1) is 5.82 Å². The fourth-order valence-electron chi connectivity index (χ4n) is 3.70. The van der Waals surface area contributed by atoms with Gasteiger partial charge >= 0.3 is 0 Å². The molecule has 0 radical (unpaired) electrons. The number of nitrogens with zero attached hydrogens (tertiary/aromatic N) is 3. The first-order valence-electron chi connectivity index (χ1n) is 10.6. The van der Waals surface area contributed by atoms with E-state index in [1.54, 1.807) is 24.3 Å². The Kier molecular flexibility index (Phi) is 7.24. The SMILES string of the molecule is O=C(Nc1nc(CC(=O)N2CCCN(Cc3ccc(F)cc3)CC2)cs1)c1ccccc1. The smallest absolute Gasteiger partial charge is 0.257 e. The average molecular weight is 453 g/mol. The van der Waals surface area contributed by atoms with E-state index in [0.717, 1.165) is 31.6 Å². The lowest BCUT2D eigenvalue weighted by Gasteiger charge is -2.22. The molecule has 1 aliphatic heterocycles. The van der Waals surface area contributed by atoms with Crippen molar-refractivity contribution in [2.75, 3.05) is 31.5 Å². The van der Waals surface area contributed by atoms with Crippen LogP contribution in [0.3, 0.4) is 0 Å². The molecule has 1 aromatic heterocycles. The van der Waals surface area contributed by atoms with Crippen molar-refractivity contribution in [2.24, 2.45) is 0 Å². The minimum atomic E-state index is -0.230. The fraction of sp³-hybridized carbons (Fsp3) is 0.292. The molecule has 1 saturated heterocycles. The van der Waals surface area contributed by atoms with Gasteiger partial charge in [0.25, 0.3) is 5.91 Å². The molecule has 0 saturated carbocycles. The Morgan fingerprint density at radius 1 is 1.00 bits per heavy atom. The molecule has 2 aromatic carbocycles. The van der Waals surface area contributed by atoms with Gasteiger partial charge in [0.15, 0.2) is 5.13 Å². The number of carbonyl (C=O) groups excluding carboxylic acids is 2. The van der Waals surface area contributed by atoms with E-state index in [0.29, 0.717) is 29.5 Å². The molecule has 0 unspecified atom stereocenters. The highest BCUT2D eigenvalue weighted by Crippen LogP contribution is 2.18. The molecule has 1 aliphatic rings. The van der Waals surface area contributed by atoms with Gasteiger partial charge in [0.05, 0.1) is 12.1 Å². The van der Waals surface area contributed by atoms with E-state index in [1.165, 1.54) is 23.5 Å². The number of halogens is 1. The molecule has 2 heterocycles. The van der Waals surface area contributed by atoms with Gasteiger partial charge in [-0.1, -0.05) is 30.3 Å². The number of nitrogens with one attached hydrogen (secondary N) is 1. The Bertz CT molecular complexity index is 1060. The van der Waals surface area contributed by atoms with E-state index in [9.17, 15) is 14.0 Å². The summed E-state index contributed by atoms with van der Waals surface area (Å²) in [5, 5.41) is 5.09. The van der Waals surface area contributed by atoms with Crippen LogP contribution in [0.15, 0.2) is 60.0 Å². The van der Waals surface area contributed by atoms with Gasteiger partial charge < -0.3 is 4.90 Å². The third kappa shape index (κ3) is 5.99. The van der Waals surface area contributed by atoms with Gasteiger partial charge in [0, 0.05) is 43.7 Å². The maximum Gasteiger partial charge on any atom is 0.257 e. The lowest BCUT2D eigenvalue weighted by Crippen LogP contribution is -2.36. The zero-order valence-electron chi connectivity index (χ0n) is 17.7. The summed E-state index contributed by atoms with van der Waals surface area (Å²) in [7, 11) is 0. The van der Waals surface area contributed by atoms with Crippen LogP contribution in [0.4, 0.5) is 9.52 Å². The average Bonchev–Trinajstić information content (AvgIpc) is 3.10. The summed E-state index contributed by atoms with van der Waals surface area (Å²) in [5.41, 5.74) is 2.30. The van der Waals surface area contributed by atoms with Gasteiger partial charge in [-0.15, -0.1) is 11.3 Å². The molecule has 8 heteroatoms. The van der Waals surface area contributed by atoms with Crippen molar-refractivity contribution < 1.29 is 14.0 Å². The van der Waals surface area contributed by atoms with Crippen LogP contribution in [0.25, 0.3) is 0 Å². The molecule has 0 bridgehead atoms. The van der Waals surface area contributed by atoms with Crippen molar-refractivity contribution in [3.05, 3.63) is 82.6 Å². The maximum atomic E-state index is 13.1. The number of rotatable bonds is 6. The van der Waals surface area contributed by atoms with Gasteiger partial charge in [0.2, 0.25) is 5.91 Å². The molecule has 0 spiro atoms. The summed E-state index contributed by atoms with van der Waals surface area (Å²) in [6.07, 6.45) is 1.11. The second-order valence-electron chi connectivity index (χ2n) is 7.78. The predicted molar refractivity (Wildman–Crippen MR) is 123 cm³/mol. The van der Waals surface area contributed by atoms with Gasteiger partial charge in [-0.3, -0.25) is 19.8 Å². The molecule has 32 heavy (non-hydrogen) atoms. The minimum absolute atomic E-state index is 0.0415. The van der Waals surface area contributed by atoms with E-state index in [-0.39, 0.29) is 24.1 Å². The summed E-state index contributed by atoms with van der Waals surface area (Å²) >= 11 is 1.32. The zero-order valence-corrected chi connectivity index (χ0v) is 18.5. The van der Waals surface area contributed by atoms with Crippen LogP contribution >= 0.6 is 11.3 Å². The number of hydrogen-bond acceptors (Lipinski definition) is 5. The predicted octanol–water partition coefficient (Wildman–Crippen LogP) is 3.81. The Labute approximate surface area is 190 Å². The largest absolute Gasteiger partial charge is 0.341 e. The molecule has 166 valence electrons. The second-order valence-corrected chi connectivity index (χ2v) is 8.64. The topological polar surface area (TPSA) is 65.5 Å². The number of thiazole rings is 1. The fourth-order valence-corrected chi connectivity index (χ4v) is 4.40. The Morgan fingerprint density at radius 2 is 1.78 bits per heavy atom. The van der Waals surface area contributed by atoms with Crippen LogP contribution in [0.2, 0.25) is 0 Å². The zero-order chi connectivity index (χ0) is 22.3. The van der Waals surface area contributed by atoms with Crippen molar-refractivity contribution >= 4 is 28.3 Å². The number of anilines is 1. The Balaban J connectivity index is 1.27. The van der Waals surface area contributed by atoms with Crippen LogP contribution in [0.5, 0.6) is 0 Å². The van der Waals surface area contributed by atoms with E-state index in [2.05, 4.69) is 15.2 Å². The van der Waals surface area contributed by atoms with Crippen molar-refractivity contribution in [3.8, 4) is 0 Å². The van der Waals surface area contributed by atoms with Crippen LogP contribution in [-0.2, 0) is 17.8 Å². The number of hydrogen-bond donors (Lipinski definition) is 1. The van der Waals surface area contributed by atoms with Crippen molar-refractivity contribution in [3.63, 3.8) is 0 Å². The van der Waals surface area contributed by atoms with Gasteiger partial charge in [0.1, 0.15) is 5.82 Å². The molecule has 2 amide bonds. The Morgan fingerprint density at radius 3 is 2.56 bits per heavy atom. The highest BCUT2D eigenvalue weighted by Gasteiger charge is 2.20. The number of aromatic nitrogens is 1. The Hall–Kier alpha value is -3.10. The third-order valence-corrected chi connectivity index (χ3v) is 6.21. The summed E-state index contributed by atoms with van der Waals surface area (Å²) in [6, 6.07) is 15.5.